The van der Waals surface area contributed by atoms with Crippen LogP contribution >= 0.6 is 11.3 Å². The first-order valence-corrected chi connectivity index (χ1v) is 11.5. The Kier molecular flexibility index (Phi) is 4.95. The highest BCUT2D eigenvalue weighted by Crippen LogP contribution is 2.39. The van der Waals surface area contributed by atoms with Crippen LogP contribution in [0, 0.1) is 27.7 Å². The third-order valence-corrected chi connectivity index (χ3v) is 7.07. The van der Waals surface area contributed by atoms with E-state index in [2.05, 4.69) is 100 Å². The van der Waals surface area contributed by atoms with Crippen LogP contribution in [0.5, 0.6) is 0 Å². The Bertz CT molecular complexity index is 1370. The molecular formula is C29H25NS. The van der Waals surface area contributed by atoms with Crippen LogP contribution in [-0.4, -0.2) is 4.98 Å². The van der Waals surface area contributed by atoms with Gasteiger partial charge in [0.05, 0.1) is 10.4 Å². The van der Waals surface area contributed by atoms with Gasteiger partial charge in [-0.1, -0.05) is 59.7 Å². The predicted octanol–water partition coefficient (Wildman–Crippen LogP) is 8.53. The number of hydrogen-bond acceptors (Lipinski definition) is 2. The minimum Gasteiger partial charge on any atom is -0.255 e. The molecule has 3 aromatic carbocycles. The van der Waals surface area contributed by atoms with Crippen molar-refractivity contribution in [2.75, 3.05) is 0 Å². The summed E-state index contributed by atoms with van der Waals surface area (Å²) in [4.78, 5) is 6.03. The molecule has 31 heavy (non-hydrogen) atoms. The average Bonchev–Trinajstić information content (AvgIpc) is 3.18. The number of rotatable bonds is 3. The predicted molar refractivity (Wildman–Crippen MR) is 135 cm³/mol. The molecule has 0 N–H and O–H groups in total. The molecule has 2 heteroatoms. The van der Waals surface area contributed by atoms with Crippen molar-refractivity contribution in [2.24, 2.45) is 0 Å². The summed E-state index contributed by atoms with van der Waals surface area (Å²) in [7, 11) is 0. The van der Waals surface area contributed by atoms with Gasteiger partial charge in [-0.2, -0.15) is 0 Å². The van der Waals surface area contributed by atoms with Gasteiger partial charge in [0.15, 0.2) is 0 Å². The van der Waals surface area contributed by atoms with Crippen LogP contribution in [0.2, 0.25) is 0 Å². The first-order chi connectivity index (χ1) is 15.0. The molecule has 0 amide bonds. The van der Waals surface area contributed by atoms with Crippen LogP contribution in [0.1, 0.15) is 22.3 Å². The fraction of sp³-hybridized carbons (Fsp3) is 0.138. The maximum Gasteiger partial charge on any atom is 0.0880 e. The Morgan fingerprint density at radius 1 is 0.645 bits per heavy atom. The Labute approximate surface area is 188 Å². The van der Waals surface area contributed by atoms with E-state index < -0.39 is 0 Å². The molecule has 0 aliphatic carbocycles. The van der Waals surface area contributed by atoms with Crippen molar-refractivity contribution >= 4 is 21.4 Å². The highest BCUT2D eigenvalue weighted by atomic mass is 32.1. The van der Waals surface area contributed by atoms with Crippen molar-refractivity contribution < 1.29 is 0 Å². The van der Waals surface area contributed by atoms with Gasteiger partial charge in [0.1, 0.15) is 0 Å². The lowest BCUT2D eigenvalue weighted by Crippen LogP contribution is -1.87. The summed E-state index contributed by atoms with van der Waals surface area (Å²) < 4.78 is 1.25. The zero-order valence-electron chi connectivity index (χ0n) is 18.4. The third kappa shape index (κ3) is 3.68. The topological polar surface area (TPSA) is 12.9 Å². The molecule has 0 atom stereocenters. The fourth-order valence-electron chi connectivity index (χ4n) is 4.49. The molecule has 152 valence electrons. The normalized spacial score (nSPS) is 11.2. The van der Waals surface area contributed by atoms with Crippen LogP contribution in [0.3, 0.4) is 0 Å². The smallest absolute Gasteiger partial charge is 0.0880 e. The fourth-order valence-corrected chi connectivity index (χ4v) is 5.67. The lowest BCUT2D eigenvalue weighted by atomic mass is 9.95. The van der Waals surface area contributed by atoms with Gasteiger partial charge in [0, 0.05) is 16.6 Å². The van der Waals surface area contributed by atoms with Crippen LogP contribution in [-0.2, 0) is 0 Å². The molecule has 1 nitrogen and oxygen atoms in total. The van der Waals surface area contributed by atoms with Gasteiger partial charge in [0.2, 0.25) is 0 Å². The molecule has 5 rings (SSSR count). The Hall–Kier alpha value is -3.23. The lowest BCUT2D eigenvalue weighted by Gasteiger charge is -2.10. The largest absolute Gasteiger partial charge is 0.255 e. The van der Waals surface area contributed by atoms with E-state index in [-0.39, 0.29) is 0 Å². The number of benzene rings is 3. The Morgan fingerprint density at radius 2 is 1.29 bits per heavy atom. The van der Waals surface area contributed by atoms with Gasteiger partial charge in [0.25, 0.3) is 0 Å². The third-order valence-electron chi connectivity index (χ3n) is 5.87. The van der Waals surface area contributed by atoms with E-state index in [0.717, 1.165) is 5.69 Å². The van der Waals surface area contributed by atoms with Gasteiger partial charge in [-0.15, -0.1) is 11.3 Å². The summed E-state index contributed by atoms with van der Waals surface area (Å²) in [5, 5.41) is 1.25. The summed E-state index contributed by atoms with van der Waals surface area (Å²) >= 11 is 1.83. The molecule has 0 unspecified atom stereocenters. The zero-order valence-corrected chi connectivity index (χ0v) is 19.2. The Morgan fingerprint density at radius 3 is 1.97 bits per heavy atom. The Balaban J connectivity index is 1.57. The van der Waals surface area contributed by atoms with E-state index in [1.165, 1.54) is 59.5 Å². The molecule has 0 radical (unpaired) electrons. The first kappa shape index (κ1) is 19.7. The lowest BCUT2D eigenvalue weighted by molar-refractivity contribution is 1.33. The number of aryl methyl sites for hydroxylation is 4. The summed E-state index contributed by atoms with van der Waals surface area (Å²) in [5.74, 6) is 0. The number of nitrogens with zero attached hydrogens (tertiary/aromatic N) is 1. The number of thiophene rings is 1. The maximum atomic E-state index is 4.75. The first-order valence-electron chi connectivity index (χ1n) is 10.6. The summed E-state index contributed by atoms with van der Waals surface area (Å²) in [6, 6.07) is 26.6. The molecule has 0 saturated heterocycles. The molecular weight excluding hydrogens is 394 g/mol. The van der Waals surface area contributed by atoms with E-state index in [9.17, 15) is 0 Å². The molecule has 5 aromatic rings. The maximum absolute atomic E-state index is 4.75. The molecule has 0 aliphatic rings. The van der Waals surface area contributed by atoms with Gasteiger partial charge in [-0.25, -0.2) is 0 Å². The molecule has 2 heterocycles. The minimum atomic E-state index is 1.08. The molecule has 0 bridgehead atoms. The van der Waals surface area contributed by atoms with Crippen molar-refractivity contribution in [3.8, 4) is 32.8 Å². The zero-order chi connectivity index (χ0) is 21.5. The van der Waals surface area contributed by atoms with E-state index >= 15 is 0 Å². The molecule has 0 aliphatic heterocycles. The van der Waals surface area contributed by atoms with Crippen molar-refractivity contribution in [3.63, 3.8) is 0 Å². The van der Waals surface area contributed by atoms with Crippen molar-refractivity contribution in [1.29, 1.82) is 0 Å². The van der Waals surface area contributed by atoms with E-state index in [0.29, 0.717) is 0 Å². The highest BCUT2D eigenvalue weighted by Gasteiger charge is 2.12. The second-order valence-corrected chi connectivity index (χ2v) is 9.46. The van der Waals surface area contributed by atoms with Gasteiger partial charge in [-0.3, -0.25) is 4.98 Å². The second kappa shape index (κ2) is 7.79. The number of aromatic nitrogens is 1. The number of pyridine rings is 1. The summed E-state index contributed by atoms with van der Waals surface area (Å²) in [6.07, 6.45) is 1.93. The second-order valence-electron chi connectivity index (χ2n) is 8.41. The molecule has 0 saturated carbocycles. The van der Waals surface area contributed by atoms with Crippen molar-refractivity contribution in [3.05, 3.63) is 101 Å². The molecule has 0 fully saturated rings. The number of fused-ring (bicyclic) bond motifs is 1. The quantitative estimate of drug-likeness (QED) is 0.285. The monoisotopic (exact) mass is 419 g/mol. The van der Waals surface area contributed by atoms with Gasteiger partial charge in [-0.05, 0) is 85.2 Å². The van der Waals surface area contributed by atoms with Crippen molar-refractivity contribution in [1.82, 2.24) is 4.98 Å². The standard InChI is InChI=1S/C29H25NS/c1-18-14-19(2)16-25(15-18)28-29-24(12-13-30-28)17-26(31-29)22-8-10-23(11-9-22)27-20(3)6-5-7-21(27)4/h5-17H,1-4H3. The summed E-state index contributed by atoms with van der Waals surface area (Å²) in [5.41, 5.74) is 11.3. The minimum absolute atomic E-state index is 1.08. The van der Waals surface area contributed by atoms with Gasteiger partial charge < -0.3 is 0 Å². The summed E-state index contributed by atoms with van der Waals surface area (Å²) in [6.45, 7) is 8.66. The van der Waals surface area contributed by atoms with Gasteiger partial charge >= 0.3 is 0 Å². The van der Waals surface area contributed by atoms with Crippen LogP contribution in [0.15, 0.2) is 79.0 Å². The molecule has 2 aromatic heterocycles. The van der Waals surface area contributed by atoms with E-state index in [1.807, 2.05) is 17.5 Å². The van der Waals surface area contributed by atoms with Crippen LogP contribution < -0.4 is 0 Å². The van der Waals surface area contributed by atoms with Crippen LogP contribution in [0.4, 0.5) is 0 Å². The van der Waals surface area contributed by atoms with E-state index in [4.69, 9.17) is 4.98 Å². The number of hydrogen-bond donors (Lipinski definition) is 0. The SMILES string of the molecule is Cc1cc(C)cc(-c2nccc3cc(-c4ccc(-c5c(C)cccc5C)cc4)sc23)c1. The average molecular weight is 420 g/mol. The van der Waals surface area contributed by atoms with Crippen LogP contribution in [0.25, 0.3) is 42.9 Å². The molecule has 0 spiro atoms. The van der Waals surface area contributed by atoms with Crippen molar-refractivity contribution in [2.45, 2.75) is 27.7 Å². The highest BCUT2D eigenvalue weighted by molar-refractivity contribution is 7.22. The van der Waals surface area contributed by atoms with E-state index in [1.54, 1.807) is 0 Å².